The summed E-state index contributed by atoms with van der Waals surface area (Å²) >= 11 is 6.44. The Bertz CT molecular complexity index is 548. The van der Waals surface area contributed by atoms with Gasteiger partial charge in [-0.3, -0.25) is 0 Å². The minimum atomic E-state index is 0.762. The Labute approximate surface area is 129 Å². The lowest BCUT2D eigenvalue weighted by Crippen LogP contribution is -2.01. The summed E-state index contributed by atoms with van der Waals surface area (Å²) in [6.45, 7) is 2.88. The van der Waals surface area contributed by atoms with E-state index >= 15 is 0 Å². The monoisotopic (exact) mass is 356 g/mol. The maximum Gasteiger partial charge on any atom is 0.190 e. The molecule has 0 amide bonds. The molecule has 7 heteroatoms. The number of nitrogens with one attached hydrogen (secondary N) is 1. The predicted octanol–water partition coefficient (Wildman–Crippen LogP) is 3.94. The Morgan fingerprint density at radius 3 is 2.74 bits per heavy atom. The van der Waals surface area contributed by atoms with Gasteiger partial charge in [0, 0.05) is 23.3 Å². The lowest BCUT2D eigenvalue weighted by atomic mass is 10.5. The predicted molar refractivity (Wildman–Crippen MR) is 84.0 cm³/mol. The molecule has 4 nitrogen and oxygen atoms in total. The number of hydrogen-bond acceptors (Lipinski definition) is 6. The first-order chi connectivity index (χ1) is 9.21. The number of nitrogens with zero attached hydrogens (tertiary/aromatic N) is 3. The van der Waals surface area contributed by atoms with Crippen LogP contribution in [0.5, 0.6) is 0 Å². The van der Waals surface area contributed by atoms with E-state index in [9.17, 15) is 0 Å². The van der Waals surface area contributed by atoms with Crippen molar-refractivity contribution in [2.24, 2.45) is 0 Å². The second-order valence-electron chi connectivity index (χ2n) is 3.53. The van der Waals surface area contributed by atoms with E-state index in [4.69, 9.17) is 0 Å². The number of anilines is 1. The highest BCUT2D eigenvalue weighted by molar-refractivity contribution is 9.10. The molecule has 2 aromatic heterocycles. The number of thioether (sulfide) groups is 1. The van der Waals surface area contributed by atoms with Gasteiger partial charge in [0.1, 0.15) is 15.9 Å². The van der Waals surface area contributed by atoms with E-state index in [2.05, 4.69) is 36.2 Å². The summed E-state index contributed by atoms with van der Waals surface area (Å²) in [5.74, 6) is 0.849. The standard InChI is InChI=1S/C12H13BrN4S2/c1-3-14-9-6-11(17-12(16-9)18-2)19-10-5-4-8(13)7-15-10/h4-7H,3H2,1-2H3,(H,14,16,17). The van der Waals surface area contributed by atoms with Crippen LogP contribution in [0.15, 0.2) is 44.1 Å². The van der Waals surface area contributed by atoms with E-state index in [0.717, 1.165) is 32.0 Å². The van der Waals surface area contributed by atoms with Crippen molar-refractivity contribution in [3.05, 3.63) is 28.9 Å². The zero-order chi connectivity index (χ0) is 13.7. The van der Waals surface area contributed by atoms with Gasteiger partial charge in [-0.1, -0.05) is 11.8 Å². The highest BCUT2D eigenvalue weighted by Crippen LogP contribution is 2.28. The number of aromatic nitrogens is 3. The van der Waals surface area contributed by atoms with Crippen LogP contribution in [-0.2, 0) is 0 Å². The molecule has 0 radical (unpaired) electrons. The molecule has 0 aliphatic heterocycles. The van der Waals surface area contributed by atoms with Crippen molar-refractivity contribution in [3.8, 4) is 0 Å². The molecule has 2 aromatic rings. The highest BCUT2D eigenvalue weighted by Gasteiger charge is 2.06. The molecule has 100 valence electrons. The molecule has 0 fully saturated rings. The third-order valence-electron chi connectivity index (χ3n) is 2.13. The molecule has 0 aliphatic rings. The van der Waals surface area contributed by atoms with Gasteiger partial charge in [0.25, 0.3) is 0 Å². The van der Waals surface area contributed by atoms with E-state index < -0.39 is 0 Å². The Hall–Kier alpha value is -0.790. The van der Waals surface area contributed by atoms with Gasteiger partial charge in [-0.15, -0.1) is 0 Å². The highest BCUT2D eigenvalue weighted by atomic mass is 79.9. The third-order valence-corrected chi connectivity index (χ3v) is 4.02. The average Bonchev–Trinajstić information content (AvgIpc) is 2.41. The molecule has 0 bridgehead atoms. The Kier molecular flexibility index (Phi) is 5.47. The second kappa shape index (κ2) is 7.12. The summed E-state index contributed by atoms with van der Waals surface area (Å²) in [6, 6.07) is 5.87. The van der Waals surface area contributed by atoms with Crippen LogP contribution in [0, 0.1) is 0 Å². The number of hydrogen-bond donors (Lipinski definition) is 1. The van der Waals surface area contributed by atoms with Crippen molar-refractivity contribution in [2.45, 2.75) is 22.1 Å². The molecule has 2 rings (SSSR count). The fourth-order valence-electron chi connectivity index (χ4n) is 1.35. The smallest absolute Gasteiger partial charge is 0.190 e. The quantitative estimate of drug-likeness (QED) is 0.497. The third kappa shape index (κ3) is 4.36. The summed E-state index contributed by atoms with van der Waals surface area (Å²) in [5.41, 5.74) is 0. The van der Waals surface area contributed by atoms with Crippen molar-refractivity contribution in [1.29, 1.82) is 0 Å². The average molecular weight is 357 g/mol. The first-order valence-electron chi connectivity index (χ1n) is 5.67. The molecule has 0 aromatic carbocycles. The summed E-state index contributed by atoms with van der Waals surface area (Å²) < 4.78 is 0.970. The molecule has 0 atom stereocenters. The van der Waals surface area contributed by atoms with E-state index in [0.29, 0.717) is 0 Å². The van der Waals surface area contributed by atoms with Crippen molar-refractivity contribution in [2.75, 3.05) is 18.1 Å². The maximum absolute atomic E-state index is 4.47. The van der Waals surface area contributed by atoms with Crippen molar-refractivity contribution >= 4 is 45.3 Å². The lowest BCUT2D eigenvalue weighted by molar-refractivity contribution is 0.889. The number of pyridine rings is 1. The van der Waals surface area contributed by atoms with E-state index in [1.807, 2.05) is 31.4 Å². The normalized spacial score (nSPS) is 10.5. The zero-order valence-corrected chi connectivity index (χ0v) is 13.8. The molecule has 0 saturated carbocycles. The molecule has 19 heavy (non-hydrogen) atoms. The van der Waals surface area contributed by atoms with E-state index in [1.54, 1.807) is 6.20 Å². The molecule has 0 spiro atoms. The van der Waals surface area contributed by atoms with Gasteiger partial charge in [0.15, 0.2) is 5.16 Å². The molecule has 1 N–H and O–H groups in total. The Morgan fingerprint density at radius 2 is 2.11 bits per heavy atom. The van der Waals surface area contributed by atoms with Gasteiger partial charge in [-0.2, -0.15) is 0 Å². The molecule has 0 saturated heterocycles. The van der Waals surface area contributed by atoms with Gasteiger partial charge in [-0.05, 0) is 53.0 Å². The summed E-state index contributed by atoms with van der Waals surface area (Å²) in [6.07, 6.45) is 3.75. The first kappa shape index (κ1) is 14.6. The Morgan fingerprint density at radius 1 is 1.26 bits per heavy atom. The van der Waals surface area contributed by atoms with Gasteiger partial charge >= 0.3 is 0 Å². The number of rotatable bonds is 5. The second-order valence-corrected chi connectivity index (χ2v) is 6.25. The molecule has 2 heterocycles. The van der Waals surface area contributed by atoms with Crippen LogP contribution in [0.25, 0.3) is 0 Å². The molecule has 0 unspecified atom stereocenters. The maximum atomic E-state index is 4.47. The van der Waals surface area contributed by atoms with Gasteiger partial charge < -0.3 is 5.32 Å². The SMILES string of the molecule is CCNc1cc(Sc2ccc(Br)cn2)nc(SC)n1. The number of halogens is 1. The Balaban J connectivity index is 2.23. The van der Waals surface area contributed by atoms with Crippen LogP contribution in [0.4, 0.5) is 5.82 Å². The summed E-state index contributed by atoms with van der Waals surface area (Å²) in [4.78, 5) is 13.2. The zero-order valence-electron chi connectivity index (χ0n) is 10.6. The van der Waals surface area contributed by atoms with Crippen molar-refractivity contribution < 1.29 is 0 Å². The largest absolute Gasteiger partial charge is 0.370 e. The summed E-state index contributed by atoms with van der Waals surface area (Å²) in [7, 11) is 0. The van der Waals surface area contributed by atoms with Gasteiger partial charge in [-0.25, -0.2) is 15.0 Å². The molecular formula is C12H13BrN4S2. The van der Waals surface area contributed by atoms with Crippen LogP contribution in [-0.4, -0.2) is 27.8 Å². The fraction of sp³-hybridized carbons (Fsp3) is 0.250. The van der Waals surface area contributed by atoms with Crippen LogP contribution < -0.4 is 5.32 Å². The van der Waals surface area contributed by atoms with Crippen LogP contribution >= 0.6 is 39.5 Å². The van der Waals surface area contributed by atoms with Gasteiger partial charge in [0.05, 0.1) is 0 Å². The fourth-order valence-corrected chi connectivity index (χ4v) is 2.78. The van der Waals surface area contributed by atoms with Crippen molar-refractivity contribution in [1.82, 2.24) is 15.0 Å². The van der Waals surface area contributed by atoms with Crippen LogP contribution in [0.1, 0.15) is 6.92 Å². The minimum Gasteiger partial charge on any atom is -0.370 e. The molecular weight excluding hydrogens is 344 g/mol. The van der Waals surface area contributed by atoms with Gasteiger partial charge in [0.2, 0.25) is 0 Å². The van der Waals surface area contributed by atoms with Crippen molar-refractivity contribution in [3.63, 3.8) is 0 Å². The van der Waals surface area contributed by atoms with E-state index in [-0.39, 0.29) is 0 Å². The minimum absolute atomic E-state index is 0.762. The first-order valence-corrected chi connectivity index (χ1v) is 8.51. The van der Waals surface area contributed by atoms with E-state index in [1.165, 1.54) is 23.5 Å². The van der Waals surface area contributed by atoms with Crippen LogP contribution in [0.3, 0.4) is 0 Å². The van der Waals surface area contributed by atoms with Crippen LogP contribution in [0.2, 0.25) is 0 Å². The summed E-state index contributed by atoms with van der Waals surface area (Å²) in [5, 5.41) is 5.78. The lowest BCUT2D eigenvalue weighted by Gasteiger charge is -2.07. The molecule has 0 aliphatic carbocycles. The topological polar surface area (TPSA) is 50.7 Å².